The number of carbonyl (C=O) groups is 1. The maximum Gasteiger partial charge on any atom is 0.225 e. The summed E-state index contributed by atoms with van der Waals surface area (Å²) in [6, 6.07) is 19.2. The second-order valence-corrected chi connectivity index (χ2v) is 11.4. The molecule has 3 unspecified atom stereocenters. The zero-order valence-electron chi connectivity index (χ0n) is 23.3. The van der Waals surface area contributed by atoms with Gasteiger partial charge in [0.2, 0.25) is 5.91 Å². The summed E-state index contributed by atoms with van der Waals surface area (Å²) in [6.07, 6.45) is 7.54. The van der Waals surface area contributed by atoms with Crippen molar-refractivity contribution in [3.8, 4) is 5.75 Å². The van der Waals surface area contributed by atoms with E-state index in [-0.39, 0.29) is 11.5 Å². The highest BCUT2D eigenvalue weighted by Crippen LogP contribution is 2.40. The lowest BCUT2D eigenvalue weighted by atomic mass is 9.77. The first kappa shape index (κ1) is 27.7. The molecular formula is C32H46N2O3. The molecule has 4 rings (SSSR count). The van der Waals surface area contributed by atoms with Crippen LogP contribution in [-0.2, 0) is 21.6 Å². The van der Waals surface area contributed by atoms with Crippen LogP contribution in [0.5, 0.6) is 5.75 Å². The van der Waals surface area contributed by atoms with E-state index < -0.39 is 0 Å². The lowest BCUT2D eigenvalue weighted by molar-refractivity contribution is -0.137. The highest BCUT2D eigenvalue weighted by Gasteiger charge is 2.37. The molecule has 5 nitrogen and oxygen atoms in total. The van der Waals surface area contributed by atoms with Gasteiger partial charge in [-0.2, -0.15) is 0 Å². The lowest BCUT2D eigenvalue weighted by Gasteiger charge is -2.41. The third kappa shape index (κ3) is 6.74. The van der Waals surface area contributed by atoms with Gasteiger partial charge in [0.05, 0.1) is 7.11 Å². The maximum absolute atomic E-state index is 14.0. The monoisotopic (exact) mass is 506 g/mol. The fourth-order valence-electron chi connectivity index (χ4n) is 6.56. The Hall–Kier alpha value is -2.37. The minimum Gasteiger partial charge on any atom is -0.497 e. The third-order valence-corrected chi connectivity index (χ3v) is 8.95. The third-order valence-electron chi connectivity index (χ3n) is 8.95. The van der Waals surface area contributed by atoms with Crippen LogP contribution in [0.1, 0.15) is 63.0 Å². The van der Waals surface area contributed by atoms with Crippen molar-refractivity contribution < 1.29 is 14.3 Å². The van der Waals surface area contributed by atoms with Crippen molar-refractivity contribution in [1.29, 1.82) is 0 Å². The molecule has 5 heteroatoms. The summed E-state index contributed by atoms with van der Waals surface area (Å²) in [6.45, 7) is 5.31. The van der Waals surface area contributed by atoms with Crippen LogP contribution in [0.3, 0.4) is 0 Å². The molecule has 0 spiro atoms. The number of hydrogen-bond acceptors (Lipinski definition) is 4. The summed E-state index contributed by atoms with van der Waals surface area (Å²) < 4.78 is 11.1. The highest BCUT2D eigenvalue weighted by atomic mass is 16.5. The van der Waals surface area contributed by atoms with E-state index in [1.807, 2.05) is 12.1 Å². The van der Waals surface area contributed by atoms with Gasteiger partial charge in [0.1, 0.15) is 5.75 Å². The molecule has 2 saturated heterocycles. The molecule has 0 bridgehead atoms. The molecule has 4 atom stereocenters. The van der Waals surface area contributed by atoms with E-state index in [1.165, 1.54) is 5.56 Å². The van der Waals surface area contributed by atoms with E-state index in [4.69, 9.17) is 9.47 Å². The first-order valence-electron chi connectivity index (χ1n) is 14.2. The van der Waals surface area contributed by atoms with Gasteiger partial charge in [-0.25, -0.2) is 0 Å². The number of amides is 1. The predicted molar refractivity (Wildman–Crippen MR) is 149 cm³/mol. The van der Waals surface area contributed by atoms with Crippen molar-refractivity contribution in [2.45, 2.75) is 64.0 Å². The van der Waals surface area contributed by atoms with E-state index in [2.05, 4.69) is 73.3 Å². The van der Waals surface area contributed by atoms with Gasteiger partial charge in [-0.1, -0.05) is 55.8 Å². The number of carbonyl (C=O) groups excluding carboxylic acids is 1. The predicted octanol–water partition coefficient (Wildman–Crippen LogP) is 6.12. The SMILES string of the molecule is COc1ccc(CN2CCC[C@](c3ccccc3)(N(C)C)CCCC(CC3CCOC3)C(C)C2=O)cc1. The lowest BCUT2D eigenvalue weighted by Crippen LogP contribution is -2.42. The first-order valence-corrected chi connectivity index (χ1v) is 14.2. The van der Waals surface area contributed by atoms with Gasteiger partial charge in [0.25, 0.3) is 0 Å². The minimum absolute atomic E-state index is 0.0161. The zero-order valence-corrected chi connectivity index (χ0v) is 23.3. The summed E-state index contributed by atoms with van der Waals surface area (Å²) in [5.74, 6) is 2.12. The van der Waals surface area contributed by atoms with Crippen molar-refractivity contribution in [2.24, 2.45) is 17.8 Å². The number of rotatable bonds is 7. The molecule has 2 aromatic carbocycles. The molecule has 0 radical (unpaired) electrons. The van der Waals surface area contributed by atoms with Crippen molar-refractivity contribution in [3.05, 3.63) is 65.7 Å². The van der Waals surface area contributed by atoms with Gasteiger partial charge in [0, 0.05) is 37.8 Å². The molecule has 2 heterocycles. The molecular weight excluding hydrogens is 460 g/mol. The van der Waals surface area contributed by atoms with Crippen LogP contribution in [0, 0.1) is 17.8 Å². The van der Waals surface area contributed by atoms with Gasteiger partial charge in [0.15, 0.2) is 0 Å². The average molecular weight is 507 g/mol. The Morgan fingerprint density at radius 2 is 1.76 bits per heavy atom. The fourth-order valence-corrected chi connectivity index (χ4v) is 6.56. The molecule has 37 heavy (non-hydrogen) atoms. The summed E-state index contributed by atoms with van der Waals surface area (Å²) in [4.78, 5) is 18.6. The molecule has 0 aliphatic carbocycles. The zero-order chi connectivity index (χ0) is 26.3. The van der Waals surface area contributed by atoms with Crippen molar-refractivity contribution in [1.82, 2.24) is 9.80 Å². The molecule has 2 aliphatic heterocycles. The van der Waals surface area contributed by atoms with E-state index in [1.54, 1.807) is 7.11 Å². The summed E-state index contributed by atoms with van der Waals surface area (Å²) in [5.41, 5.74) is 2.52. The molecule has 1 amide bonds. The average Bonchev–Trinajstić information content (AvgIpc) is 3.43. The molecule has 0 saturated carbocycles. The summed E-state index contributed by atoms with van der Waals surface area (Å²) in [5, 5.41) is 0. The fraction of sp³-hybridized carbons (Fsp3) is 0.594. The topological polar surface area (TPSA) is 42.0 Å². The quantitative estimate of drug-likeness (QED) is 0.453. The smallest absolute Gasteiger partial charge is 0.225 e. The minimum atomic E-state index is -0.0231. The Labute approximate surface area is 224 Å². The van der Waals surface area contributed by atoms with Crippen LogP contribution in [-0.4, -0.2) is 56.7 Å². The Bertz CT molecular complexity index is 971. The normalized spacial score (nSPS) is 27.8. The largest absolute Gasteiger partial charge is 0.497 e. The van der Waals surface area contributed by atoms with Crippen LogP contribution in [0.25, 0.3) is 0 Å². The number of benzene rings is 2. The van der Waals surface area contributed by atoms with Gasteiger partial charge in [-0.15, -0.1) is 0 Å². The van der Waals surface area contributed by atoms with Gasteiger partial charge >= 0.3 is 0 Å². The van der Waals surface area contributed by atoms with Crippen molar-refractivity contribution in [2.75, 3.05) is 41.0 Å². The highest BCUT2D eigenvalue weighted by molar-refractivity contribution is 5.78. The van der Waals surface area contributed by atoms with Crippen molar-refractivity contribution >= 4 is 5.91 Å². The Morgan fingerprint density at radius 3 is 2.41 bits per heavy atom. The van der Waals surface area contributed by atoms with Gasteiger partial charge in [-0.05, 0) is 87.7 Å². The molecule has 2 aromatic rings. The number of ether oxygens (including phenoxy) is 2. The first-order chi connectivity index (χ1) is 17.9. The van der Waals surface area contributed by atoms with E-state index in [0.29, 0.717) is 24.3 Å². The summed E-state index contributed by atoms with van der Waals surface area (Å²) in [7, 11) is 6.14. The second kappa shape index (κ2) is 12.9. The molecule has 0 N–H and O–H groups in total. The molecule has 202 valence electrons. The van der Waals surface area contributed by atoms with Crippen LogP contribution >= 0.6 is 0 Å². The van der Waals surface area contributed by atoms with Crippen LogP contribution in [0.4, 0.5) is 0 Å². The van der Waals surface area contributed by atoms with Crippen LogP contribution in [0.2, 0.25) is 0 Å². The maximum atomic E-state index is 14.0. The standard InChI is InChI=1S/C32H46N2O3/c1-25-28(22-27-17-21-37-24-27)10-8-18-32(33(2)3,29-11-6-5-7-12-29)19-9-20-34(31(25)35)23-26-13-15-30(36-4)16-14-26/h5-7,11-16,25,27-28H,8-10,17-24H2,1-4H3/t25?,27?,28?,32-/m1/s1. The van der Waals surface area contributed by atoms with Crippen LogP contribution in [0.15, 0.2) is 54.6 Å². The number of hydrogen-bond donors (Lipinski definition) is 0. The Kier molecular flexibility index (Phi) is 9.66. The van der Waals surface area contributed by atoms with Crippen molar-refractivity contribution in [3.63, 3.8) is 0 Å². The Morgan fingerprint density at radius 1 is 1.03 bits per heavy atom. The number of nitrogens with zero attached hydrogens (tertiary/aromatic N) is 2. The van der Waals surface area contributed by atoms with Gasteiger partial charge < -0.3 is 14.4 Å². The molecule has 0 aromatic heterocycles. The molecule has 2 aliphatic rings. The van der Waals surface area contributed by atoms with Gasteiger partial charge in [-0.3, -0.25) is 9.69 Å². The Balaban J connectivity index is 1.62. The molecule has 2 fully saturated rings. The van der Waals surface area contributed by atoms with Crippen LogP contribution < -0.4 is 4.74 Å². The second-order valence-electron chi connectivity index (χ2n) is 11.4. The number of methoxy groups -OCH3 is 1. The van der Waals surface area contributed by atoms with E-state index >= 15 is 0 Å². The van der Waals surface area contributed by atoms with E-state index in [9.17, 15) is 4.79 Å². The summed E-state index contributed by atoms with van der Waals surface area (Å²) >= 11 is 0. The van der Waals surface area contributed by atoms with E-state index in [0.717, 1.165) is 76.0 Å².